The van der Waals surface area contributed by atoms with E-state index in [2.05, 4.69) is 10.6 Å². The van der Waals surface area contributed by atoms with Gasteiger partial charge in [-0.25, -0.2) is 0 Å². The van der Waals surface area contributed by atoms with E-state index in [1.165, 1.54) is 4.90 Å². The first-order valence-corrected chi connectivity index (χ1v) is 10.7. The van der Waals surface area contributed by atoms with Crippen molar-refractivity contribution in [2.75, 3.05) is 11.9 Å². The van der Waals surface area contributed by atoms with E-state index in [0.29, 0.717) is 24.2 Å². The minimum atomic E-state index is -1.24. The quantitative estimate of drug-likeness (QED) is 0.568. The number of aryl methyl sites for hydroxylation is 1. The van der Waals surface area contributed by atoms with E-state index < -0.39 is 17.9 Å². The summed E-state index contributed by atoms with van der Waals surface area (Å²) < 4.78 is 0. The van der Waals surface area contributed by atoms with Crippen LogP contribution in [-0.4, -0.2) is 35.2 Å². The molecule has 3 aromatic rings. The van der Waals surface area contributed by atoms with Gasteiger partial charge < -0.3 is 15.5 Å². The molecule has 2 N–H and O–H groups in total. The Hall–Kier alpha value is -3.93. The van der Waals surface area contributed by atoms with Gasteiger partial charge >= 0.3 is 0 Å². The fraction of sp³-hybridized carbons (Fsp3) is 0.192. The van der Waals surface area contributed by atoms with Gasteiger partial charge in [-0.15, -0.1) is 0 Å². The molecule has 1 heterocycles. The van der Waals surface area contributed by atoms with Gasteiger partial charge in [-0.05, 0) is 36.1 Å². The van der Waals surface area contributed by atoms with Gasteiger partial charge in [0.25, 0.3) is 17.7 Å². The number of hydrogen-bond donors (Lipinski definition) is 2. The third-order valence-corrected chi connectivity index (χ3v) is 5.50. The molecule has 32 heavy (non-hydrogen) atoms. The standard InChI is InChI=1S/C26H25N3O3/c30-24(27-18-20-12-5-2-6-13-20)23-25(31)28-22-16-8-7-15-21(22)26(32)29(23)17-9-14-19-10-3-1-4-11-19/h1-8,10-13,15-16,23H,9,14,17-18H2,(H,27,30)(H,28,31). The average Bonchev–Trinajstić information content (AvgIpc) is 2.93. The summed E-state index contributed by atoms with van der Waals surface area (Å²) in [4.78, 5) is 40.9. The molecule has 6 heteroatoms. The van der Waals surface area contributed by atoms with Crippen LogP contribution in [0.1, 0.15) is 27.9 Å². The van der Waals surface area contributed by atoms with E-state index in [-0.39, 0.29) is 12.5 Å². The smallest absolute Gasteiger partial charge is 0.257 e. The van der Waals surface area contributed by atoms with Gasteiger partial charge in [-0.2, -0.15) is 0 Å². The maximum absolute atomic E-state index is 13.4. The van der Waals surface area contributed by atoms with Crippen molar-refractivity contribution in [3.05, 3.63) is 102 Å². The summed E-state index contributed by atoms with van der Waals surface area (Å²) >= 11 is 0. The lowest BCUT2D eigenvalue weighted by Gasteiger charge is -2.28. The van der Waals surface area contributed by atoms with Crippen LogP contribution < -0.4 is 10.6 Å². The van der Waals surface area contributed by atoms with Crippen LogP contribution in [0.2, 0.25) is 0 Å². The number of para-hydroxylation sites is 1. The highest BCUT2D eigenvalue weighted by atomic mass is 16.2. The molecule has 0 fully saturated rings. The van der Waals surface area contributed by atoms with Gasteiger partial charge in [-0.1, -0.05) is 72.8 Å². The second-order valence-corrected chi connectivity index (χ2v) is 7.73. The summed E-state index contributed by atoms with van der Waals surface area (Å²) in [5.74, 6) is -1.33. The molecule has 162 valence electrons. The number of fused-ring (bicyclic) bond motifs is 1. The van der Waals surface area contributed by atoms with Gasteiger partial charge in [0.2, 0.25) is 0 Å². The van der Waals surface area contributed by atoms with E-state index >= 15 is 0 Å². The number of hydrogen-bond acceptors (Lipinski definition) is 3. The molecule has 0 aromatic heterocycles. The SMILES string of the molecule is O=C(NCc1ccccc1)C1C(=O)Nc2ccccc2C(=O)N1CCCc1ccccc1. The third-order valence-electron chi connectivity index (χ3n) is 5.50. The summed E-state index contributed by atoms with van der Waals surface area (Å²) in [6, 6.07) is 25.0. The molecule has 6 nitrogen and oxygen atoms in total. The molecule has 0 saturated carbocycles. The van der Waals surface area contributed by atoms with Crippen LogP contribution in [0.25, 0.3) is 0 Å². The molecule has 0 bridgehead atoms. The van der Waals surface area contributed by atoms with Gasteiger partial charge in [0.1, 0.15) is 0 Å². The van der Waals surface area contributed by atoms with Crippen LogP contribution in [0, 0.1) is 0 Å². The van der Waals surface area contributed by atoms with E-state index in [0.717, 1.165) is 17.5 Å². The Balaban J connectivity index is 1.55. The molecular formula is C26H25N3O3. The van der Waals surface area contributed by atoms with Crippen molar-refractivity contribution in [1.29, 1.82) is 0 Å². The number of anilines is 1. The maximum atomic E-state index is 13.4. The Kier molecular flexibility index (Phi) is 6.60. The molecule has 0 spiro atoms. The molecule has 3 aromatic carbocycles. The Morgan fingerprint density at radius 2 is 1.47 bits per heavy atom. The lowest BCUT2D eigenvalue weighted by Crippen LogP contribution is -2.54. The molecule has 1 aliphatic rings. The fourth-order valence-corrected chi connectivity index (χ4v) is 3.86. The maximum Gasteiger partial charge on any atom is 0.257 e. The molecule has 1 unspecified atom stereocenters. The Bertz CT molecular complexity index is 1100. The van der Waals surface area contributed by atoms with Crippen LogP contribution in [0.15, 0.2) is 84.9 Å². The molecule has 1 atom stereocenters. The summed E-state index contributed by atoms with van der Waals surface area (Å²) in [5, 5.41) is 5.58. The number of rotatable bonds is 7. The lowest BCUT2D eigenvalue weighted by molar-refractivity contribution is -0.133. The third kappa shape index (κ3) is 4.86. The minimum absolute atomic E-state index is 0.280. The minimum Gasteiger partial charge on any atom is -0.350 e. The summed E-state index contributed by atoms with van der Waals surface area (Å²) in [6.07, 6.45) is 1.37. The van der Waals surface area contributed by atoms with Crippen LogP contribution >= 0.6 is 0 Å². The largest absolute Gasteiger partial charge is 0.350 e. The van der Waals surface area contributed by atoms with Crippen molar-refractivity contribution in [2.45, 2.75) is 25.4 Å². The van der Waals surface area contributed by atoms with Gasteiger partial charge in [-0.3, -0.25) is 14.4 Å². The molecule has 3 amide bonds. The molecule has 0 aliphatic carbocycles. The Morgan fingerprint density at radius 3 is 2.19 bits per heavy atom. The van der Waals surface area contributed by atoms with Gasteiger partial charge in [0.05, 0.1) is 11.3 Å². The van der Waals surface area contributed by atoms with E-state index in [1.807, 2.05) is 60.7 Å². The fourth-order valence-electron chi connectivity index (χ4n) is 3.86. The molecular weight excluding hydrogens is 402 g/mol. The van der Waals surface area contributed by atoms with Gasteiger partial charge in [0.15, 0.2) is 6.04 Å². The van der Waals surface area contributed by atoms with Crippen LogP contribution in [0.3, 0.4) is 0 Å². The highest BCUT2D eigenvalue weighted by Gasteiger charge is 2.39. The van der Waals surface area contributed by atoms with Crippen molar-refractivity contribution in [3.63, 3.8) is 0 Å². The number of nitrogens with one attached hydrogen (secondary N) is 2. The van der Waals surface area contributed by atoms with Gasteiger partial charge in [0, 0.05) is 13.1 Å². The van der Waals surface area contributed by atoms with E-state index in [4.69, 9.17) is 0 Å². The van der Waals surface area contributed by atoms with Crippen molar-refractivity contribution in [1.82, 2.24) is 10.2 Å². The van der Waals surface area contributed by atoms with Crippen LogP contribution in [-0.2, 0) is 22.6 Å². The Labute approximate surface area is 187 Å². The average molecular weight is 428 g/mol. The summed E-state index contributed by atoms with van der Waals surface area (Å²) in [7, 11) is 0. The first-order chi connectivity index (χ1) is 15.6. The normalized spacial score (nSPS) is 15.5. The highest BCUT2D eigenvalue weighted by molar-refractivity contribution is 6.17. The highest BCUT2D eigenvalue weighted by Crippen LogP contribution is 2.24. The predicted molar refractivity (Wildman–Crippen MR) is 123 cm³/mol. The molecule has 4 rings (SSSR count). The van der Waals surface area contributed by atoms with Crippen molar-refractivity contribution in [3.8, 4) is 0 Å². The number of carbonyl (C=O) groups is 3. The topological polar surface area (TPSA) is 78.5 Å². The van der Waals surface area contributed by atoms with Crippen LogP contribution in [0.4, 0.5) is 5.69 Å². The Morgan fingerprint density at radius 1 is 0.844 bits per heavy atom. The van der Waals surface area contributed by atoms with Crippen LogP contribution in [0.5, 0.6) is 0 Å². The number of nitrogens with zero attached hydrogens (tertiary/aromatic N) is 1. The zero-order valence-corrected chi connectivity index (χ0v) is 17.7. The predicted octanol–water partition coefficient (Wildman–Crippen LogP) is 3.40. The van der Waals surface area contributed by atoms with Crippen molar-refractivity contribution < 1.29 is 14.4 Å². The summed E-state index contributed by atoms with van der Waals surface area (Å²) in [5.41, 5.74) is 2.87. The van der Waals surface area contributed by atoms with Crippen molar-refractivity contribution in [2.24, 2.45) is 0 Å². The van der Waals surface area contributed by atoms with Crippen molar-refractivity contribution >= 4 is 23.4 Å². The number of benzene rings is 3. The van der Waals surface area contributed by atoms with E-state index in [9.17, 15) is 14.4 Å². The number of amides is 3. The lowest BCUT2D eigenvalue weighted by atomic mass is 10.1. The zero-order valence-electron chi connectivity index (χ0n) is 17.7. The molecule has 1 aliphatic heterocycles. The molecule has 0 radical (unpaired) electrons. The summed E-state index contributed by atoms with van der Waals surface area (Å²) in [6.45, 7) is 0.571. The second-order valence-electron chi connectivity index (χ2n) is 7.73. The van der Waals surface area contributed by atoms with E-state index in [1.54, 1.807) is 24.3 Å². The monoisotopic (exact) mass is 427 g/mol. The zero-order chi connectivity index (χ0) is 22.3. The first kappa shape index (κ1) is 21.3. The second kappa shape index (κ2) is 9.92. The molecule has 0 saturated heterocycles. The number of carbonyl (C=O) groups excluding carboxylic acids is 3. The first-order valence-electron chi connectivity index (χ1n) is 10.7.